The molecule has 0 aliphatic carbocycles. The van der Waals surface area contributed by atoms with E-state index in [1.54, 1.807) is 27.7 Å². The number of phosphoric acid groups is 1. The van der Waals surface area contributed by atoms with E-state index < -0.39 is 14.0 Å². The third-order valence-electron chi connectivity index (χ3n) is 2.17. The first kappa shape index (κ1) is 25.6. The highest BCUT2D eigenvalue weighted by Crippen LogP contribution is 2.48. The predicted octanol–water partition coefficient (Wildman–Crippen LogP) is 3.95. The smallest absolute Gasteiger partial charge is 0.430 e. The van der Waals surface area contributed by atoms with E-state index >= 15 is 0 Å². The minimum atomic E-state index is -3.22. The fourth-order valence-electron chi connectivity index (χ4n) is 1.25. The van der Waals surface area contributed by atoms with Crippen molar-refractivity contribution in [3.8, 4) is 12.1 Å². The number of ether oxygens (including phenoxy) is 2. The quantitative estimate of drug-likeness (QED) is 0.350. The van der Waals surface area contributed by atoms with Gasteiger partial charge in [0.05, 0.1) is 32.0 Å². The maximum atomic E-state index is 11.3. The molecule has 0 aromatic rings. The van der Waals surface area contributed by atoms with Gasteiger partial charge in [-0.1, -0.05) is 0 Å². The van der Waals surface area contributed by atoms with E-state index in [1.165, 1.54) is 0 Å². The molecule has 1 unspecified atom stereocenters. The van der Waals surface area contributed by atoms with Gasteiger partial charge in [-0.3, -0.25) is 13.6 Å². The first-order valence-corrected chi connectivity index (χ1v) is 9.45. The standard InChI is InChI=1S/C6H15O4P.C5H6N2.C4H6O3/c1-4-8-11(7,9-5-2)10-6-3;6-4-2-1-3-5-7;1-3-2-6-4(5)7-3/h4-6H2,1-3H3;1-3H2;3H,2H2,1H3. The van der Waals surface area contributed by atoms with Crippen LogP contribution in [0.25, 0.3) is 0 Å². The molecule has 0 amide bonds. The maximum Gasteiger partial charge on any atom is 0.508 e. The number of cyclic esters (lactones) is 2. The zero-order valence-electron chi connectivity index (χ0n) is 15.2. The van der Waals surface area contributed by atoms with Crippen molar-refractivity contribution in [2.24, 2.45) is 0 Å². The number of phosphoric ester groups is 1. The number of carbonyl (C=O) groups is 1. The van der Waals surface area contributed by atoms with E-state index in [0.717, 1.165) is 0 Å². The molecule has 1 aliphatic rings. The molecule has 1 atom stereocenters. The summed E-state index contributed by atoms with van der Waals surface area (Å²) in [5.41, 5.74) is 0. The Kier molecular flexibility index (Phi) is 17.6. The molecule has 0 N–H and O–H groups in total. The molecular weight excluding hydrogens is 351 g/mol. The molecule has 1 heterocycles. The molecule has 9 nitrogen and oxygen atoms in total. The largest absolute Gasteiger partial charge is 0.508 e. The van der Waals surface area contributed by atoms with Gasteiger partial charge in [-0.15, -0.1) is 0 Å². The number of hydrogen-bond acceptors (Lipinski definition) is 9. The summed E-state index contributed by atoms with van der Waals surface area (Å²) in [5.74, 6) is 0. The Bertz CT molecular complexity index is 436. The Morgan fingerprint density at radius 3 is 1.72 bits per heavy atom. The van der Waals surface area contributed by atoms with Crippen molar-refractivity contribution in [1.82, 2.24) is 0 Å². The molecule has 1 fully saturated rings. The summed E-state index contributed by atoms with van der Waals surface area (Å²) < 4.78 is 34.7. The number of unbranched alkanes of at least 4 members (excludes halogenated alkanes) is 2. The fraction of sp³-hybridized carbons (Fsp3) is 0.800. The highest BCUT2D eigenvalue weighted by Gasteiger charge is 2.23. The number of rotatable bonds is 8. The molecule has 0 aromatic carbocycles. The molecule has 1 rings (SSSR count). The van der Waals surface area contributed by atoms with E-state index in [2.05, 4.69) is 9.47 Å². The lowest BCUT2D eigenvalue weighted by atomic mass is 10.3. The van der Waals surface area contributed by atoms with Gasteiger partial charge in [-0.2, -0.15) is 10.5 Å². The van der Waals surface area contributed by atoms with E-state index in [-0.39, 0.29) is 6.10 Å². The van der Waals surface area contributed by atoms with E-state index in [0.29, 0.717) is 45.7 Å². The fourth-order valence-corrected chi connectivity index (χ4v) is 2.42. The Hall–Kier alpha value is -1.64. The summed E-state index contributed by atoms with van der Waals surface area (Å²) in [6, 6.07) is 3.90. The molecule has 25 heavy (non-hydrogen) atoms. The number of carbonyl (C=O) groups excluding carboxylic acids is 1. The monoisotopic (exact) mass is 378 g/mol. The van der Waals surface area contributed by atoms with Crippen molar-refractivity contribution in [3.63, 3.8) is 0 Å². The molecule has 1 saturated heterocycles. The lowest BCUT2D eigenvalue weighted by Crippen LogP contribution is -2.01. The second-order valence-electron chi connectivity index (χ2n) is 4.36. The van der Waals surface area contributed by atoms with Gasteiger partial charge in [0.2, 0.25) is 0 Å². The van der Waals surface area contributed by atoms with E-state index in [1.807, 2.05) is 12.1 Å². The van der Waals surface area contributed by atoms with Crippen LogP contribution in [0.4, 0.5) is 4.79 Å². The van der Waals surface area contributed by atoms with Crippen molar-refractivity contribution in [3.05, 3.63) is 0 Å². The van der Waals surface area contributed by atoms with Gasteiger partial charge in [0, 0.05) is 12.8 Å². The zero-order chi connectivity index (χ0) is 19.6. The van der Waals surface area contributed by atoms with Crippen LogP contribution in [-0.4, -0.2) is 38.7 Å². The Balaban J connectivity index is 0. The highest BCUT2D eigenvalue weighted by molar-refractivity contribution is 7.48. The Labute approximate surface area is 149 Å². The summed E-state index contributed by atoms with van der Waals surface area (Å²) >= 11 is 0. The maximum absolute atomic E-state index is 11.3. The topological polar surface area (TPSA) is 128 Å². The van der Waals surface area contributed by atoms with Gasteiger partial charge in [0.15, 0.2) is 0 Å². The van der Waals surface area contributed by atoms with Crippen LogP contribution >= 0.6 is 7.82 Å². The van der Waals surface area contributed by atoms with Crippen LogP contribution in [0.5, 0.6) is 0 Å². The lowest BCUT2D eigenvalue weighted by Gasteiger charge is -2.14. The third kappa shape index (κ3) is 17.0. The van der Waals surface area contributed by atoms with Crippen LogP contribution < -0.4 is 0 Å². The van der Waals surface area contributed by atoms with Crippen molar-refractivity contribution in [2.75, 3.05) is 26.4 Å². The molecule has 0 bridgehead atoms. The van der Waals surface area contributed by atoms with E-state index in [9.17, 15) is 9.36 Å². The Morgan fingerprint density at radius 1 is 1.08 bits per heavy atom. The SMILES string of the molecule is CC1COC(=O)O1.CCOP(=O)(OCC)OCC.N#CCCCC#N. The van der Waals surface area contributed by atoms with Gasteiger partial charge < -0.3 is 9.47 Å². The number of nitriles is 2. The van der Waals surface area contributed by atoms with Crippen LogP contribution in [0.2, 0.25) is 0 Å². The van der Waals surface area contributed by atoms with Gasteiger partial charge >= 0.3 is 14.0 Å². The van der Waals surface area contributed by atoms with Gasteiger partial charge in [-0.05, 0) is 34.1 Å². The second kappa shape index (κ2) is 17.2. The van der Waals surface area contributed by atoms with Crippen molar-refractivity contribution >= 4 is 14.0 Å². The lowest BCUT2D eigenvalue weighted by molar-refractivity contribution is 0.121. The molecule has 0 aromatic heterocycles. The highest BCUT2D eigenvalue weighted by atomic mass is 31.2. The zero-order valence-corrected chi connectivity index (χ0v) is 16.1. The number of nitrogens with zero attached hydrogens (tertiary/aromatic N) is 2. The molecular formula is C15H27N2O7P. The van der Waals surface area contributed by atoms with Crippen LogP contribution in [0, 0.1) is 22.7 Å². The predicted molar refractivity (Wildman–Crippen MR) is 89.5 cm³/mol. The van der Waals surface area contributed by atoms with Gasteiger partial charge in [-0.25, -0.2) is 9.36 Å². The van der Waals surface area contributed by atoms with Gasteiger partial charge in [0.1, 0.15) is 12.7 Å². The molecule has 0 saturated carbocycles. The summed E-state index contributed by atoms with van der Waals surface area (Å²) in [7, 11) is -3.22. The minimum absolute atomic E-state index is 0.0486. The molecule has 144 valence electrons. The average Bonchev–Trinajstić information content (AvgIpc) is 2.93. The summed E-state index contributed by atoms with van der Waals surface area (Å²) in [6.07, 6.45) is 1.13. The van der Waals surface area contributed by atoms with Crippen molar-refractivity contribution < 1.29 is 32.4 Å². The third-order valence-corrected chi connectivity index (χ3v) is 3.90. The molecule has 10 heteroatoms. The Morgan fingerprint density at radius 2 is 1.52 bits per heavy atom. The first-order chi connectivity index (χ1) is 11.9. The van der Waals surface area contributed by atoms with Crippen molar-refractivity contribution in [1.29, 1.82) is 10.5 Å². The first-order valence-electron chi connectivity index (χ1n) is 7.99. The molecule has 0 spiro atoms. The van der Waals surface area contributed by atoms with Gasteiger partial charge in [0.25, 0.3) is 0 Å². The average molecular weight is 378 g/mol. The minimum Gasteiger partial charge on any atom is -0.430 e. The van der Waals surface area contributed by atoms with Crippen LogP contribution in [0.15, 0.2) is 0 Å². The normalized spacial score (nSPS) is 15.3. The van der Waals surface area contributed by atoms with Crippen LogP contribution in [-0.2, 0) is 27.6 Å². The molecule has 0 radical (unpaired) electrons. The second-order valence-corrected chi connectivity index (χ2v) is 6.03. The van der Waals surface area contributed by atoms with E-state index in [4.69, 9.17) is 24.1 Å². The summed E-state index contributed by atoms with van der Waals surface area (Å²) in [4.78, 5) is 10.0. The number of hydrogen-bond donors (Lipinski definition) is 0. The van der Waals surface area contributed by atoms with Crippen molar-refractivity contribution in [2.45, 2.75) is 53.1 Å². The summed E-state index contributed by atoms with van der Waals surface area (Å²) in [5, 5.41) is 15.9. The van der Waals surface area contributed by atoms with Crippen LogP contribution in [0.3, 0.4) is 0 Å². The van der Waals surface area contributed by atoms with Crippen LogP contribution in [0.1, 0.15) is 47.0 Å². The molecule has 1 aliphatic heterocycles. The summed E-state index contributed by atoms with van der Waals surface area (Å²) in [6.45, 7) is 8.40.